The van der Waals surface area contributed by atoms with Crippen molar-refractivity contribution in [3.63, 3.8) is 0 Å². The van der Waals surface area contributed by atoms with E-state index in [2.05, 4.69) is 20.7 Å². The van der Waals surface area contributed by atoms with Crippen molar-refractivity contribution in [3.05, 3.63) is 64.1 Å². The molecule has 1 N–H and O–H groups in total. The fraction of sp³-hybridized carbons (Fsp3) is 0.294. The van der Waals surface area contributed by atoms with E-state index in [4.69, 9.17) is 4.74 Å². The highest BCUT2D eigenvalue weighted by Crippen LogP contribution is 2.19. The highest BCUT2D eigenvalue weighted by Gasteiger charge is 2.13. The van der Waals surface area contributed by atoms with Gasteiger partial charge in [-0.25, -0.2) is 13.1 Å². The van der Waals surface area contributed by atoms with Crippen molar-refractivity contribution in [1.29, 1.82) is 0 Å². The number of ether oxygens (including phenoxy) is 1. The van der Waals surface area contributed by atoms with E-state index >= 15 is 0 Å². The summed E-state index contributed by atoms with van der Waals surface area (Å²) in [4.78, 5) is 0.281. The molecule has 0 aliphatic carbocycles. The second-order valence-corrected chi connectivity index (χ2v) is 7.82. The van der Waals surface area contributed by atoms with E-state index in [1.165, 1.54) is 0 Å². The molecule has 0 heterocycles. The molecule has 124 valence electrons. The van der Waals surface area contributed by atoms with Crippen LogP contribution in [0.25, 0.3) is 0 Å². The molecule has 0 aromatic heterocycles. The van der Waals surface area contributed by atoms with Crippen LogP contribution in [0.3, 0.4) is 0 Å². The lowest BCUT2D eigenvalue weighted by Crippen LogP contribution is -2.25. The summed E-state index contributed by atoms with van der Waals surface area (Å²) in [7, 11) is -3.47. The fourth-order valence-corrected chi connectivity index (χ4v) is 3.42. The first-order valence-corrected chi connectivity index (χ1v) is 9.64. The minimum Gasteiger partial charge on any atom is -0.377 e. The standard InChI is InChI=1S/C17H20BrNO3S/c1-14-12-16(8-9-17(14)18)23(20,21)19-10-5-11-22-13-15-6-3-2-4-7-15/h2-4,6-9,12,19H,5,10-11,13H2,1H3. The lowest BCUT2D eigenvalue weighted by molar-refractivity contribution is 0.119. The summed E-state index contributed by atoms with van der Waals surface area (Å²) in [6.45, 7) is 3.27. The first kappa shape index (κ1) is 18.1. The van der Waals surface area contributed by atoms with Crippen molar-refractivity contribution in [1.82, 2.24) is 4.72 Å². The van der Waals surface area contributed by atoms with Crippen LogP contribution in [-0.4, -0.2) is 21.6 Å². The Hall–Kier alpha value is -1.21. The van der Waals surface area contributed by atoms with E-state index in [-0.39, 0.29) is 4.90 Å². The Morgan fingerprint density at radius 2 is 1.87 bits per heavy atom. The van der Waals surface area contributed by atoms with Crippen molar-refractivity contribution >= 4 is 26.0 Å². The Morgan fingerprint density at radius 3 is 2.57 bits per heavy atom. The van der Waals surface area contributed by atoms with Gasteiger partial charge >= 0.3 is 0 Å². The SMILES string of the molecule is Cc1cc(S(=O)(=O)NCCCOCc2ccccc2)ccc1Br. The number of halogens is 1. The Bertz CT molecular complexity index is 733. The van der Waals surface area contributed by atoms with Crippen LogP contribution >= 0.6 is 15.9 Å². The van der Waals surface area contributed by atoms with Crippen molar-refractivity contribution in [2.45, 2.75) is 24.8 Å². The molecule has 0 atom stereocenters. The topological polar surface area (TPSA) is 55.4 Å². The Labute approximate surface area is 146 Å². The Balaban J connectivity index is 1.73. The average molecular weight is 398 g/mol. The van der Waals surface area contributed by atoms with Crippen LogP contribution in [0.2, 0.25) is 0 Å². The molecule has 4 nitrogen and oxygen atoms in total. The summed E-state index contributed by atoms with van der Waals surface area (Å²) in [5.74, 6) is 0. The van der Waals surface area contributed by atoms with Crippen molar-refractivity contribution in [3.8, 4) is 0 Å². The molecular weight excluding hydrogens is 378 g/mol. The van der Waals surface area contributed by atoms with Gasteiger partial charge in [0.1, 0.15) is 0 Å². The van der Waals surface area contributed by atoms with E-state index in [1.807, 2.05) is 37.3 Å². The monoisotopic (exact) mass is 397 g/mol. The fourth-order valence-electron chi connectivity index (χ4n) is 2.01. The molecule has 0 amide bonds. The van der Waals surface area contributed by atoms with Crippen LogP contribution in [0.1, 0.15) is 17.5 Å². The molecule has 0 spiro atoms. The van der Waals surface area contributed by atoms with Gasteiger partial charge in [-0.05, 0) is 42.7 Å². The molecule has 0 unspecified atom stereocenters. The van der Waals surface area contributed by atoms with Gasteiger partial charge in [0.2, 0.25) is 10.0 Å². The first-order chi connectivity index (χ1) is 11.0. The summed E-state index contributed by atoms with van der Waals surface area (Å²) in [6, 6.07) is 14.9. The second kappa shape index (κ2) is 8.59. The van der Waals surface area contributed by atoms with Gasteiger partial charge in [0.25, 0.3) is 0 Å². The van der Waals surface area contributed by atoms with Crippen LogP contribution in [0.4, 0.5) is 0 Å². The van der Waals surface area contributed by atoms with Crippen LogP contribution in [0.15, 0.2) is 57.9 Å². The van der Waals surface area contributed by atoms with Crippen molar-refractivity contribution in [2.75, 3.05) is 13.2 Å². The van der Waals surface area contributed by atoms with E-state index in [1.54, 1.807) is 18.2 Å². The van der Waals surface area contributed by atoms with Crippen LogP contribution in [0.5, 0.6) is 0 Å². The second-order valence-electron chi connectivity index (χ2n) is 5.20. The van der Waals surface area contributed by atoms with Gasteiger partial charge in [0.15, 0.2) is 0 Å². The quantitative estimate of drug-likeness (QED) is 0.691. The molecule has 0 radical (unpaired) electrons. The number of hydrogen-bond donors (Lipinski definition) is 1. The van der Waals surface area contributed by atoms with Crippen LogP contribution in [-0.2, 0) is 21.4 Å². The van der Waals surface area contributed by atoms with Gasteiger partial charge in [0.05, 0.1) is 11.5 Å². The molecule has 0 saturated heterocycles. The maximum absolute atomic E-state index is 12.2. The van der Waals surface area contributed by atoms with Gasteiger partial charge in [-0.3, -0.25) is 0 Å². The van der Waals surface area contributed by atoms with Gasteiger partial charge in [-0.15, -0.1) is 0 Å². The molecule has 2 rings (SSSR count). The Kier molecular flexibility index (Phi) is 6.77. The minimum atomic E-state index is -3.47. The Morgan fingerprint density at radius 1 is 1.13 bits per heavy atom. The van der Waals surface area contributed by atoms with Crippen molar-refractivity contribution in [2.24, 2.45) is 0 Å². The molecule has 0 aliphatic heterocycles. The summed E-state index contributed by atoms with van der Waals surface area (Å²) >= 11 is 3.36. The number of aryl methyl sites for hydroxylation is 1. The molecule has 2 aromatic rings. The van der Waals surface area contributed by atoms with E-state index in [0.717, 1.165) is 15.6 Å². The van der Waals surface area contributed by atoms with Gasteiger partial charge in [-0.2, -0.15) is 0 Å². The maximum Gasteiger partial charge on any atom is 0.240 e. The lowest BCUT2D eigenvalue weighted by Gasteiger charge is -2.09. The molecule has 6 heteroatoms. The van der Waals surface area contributed by atoms with Gasteiger partial charge in [-0.1, -0.05) is 46.3 Å². The maximum atomic E-state index is 12.2. The van der Waals surface area contributed by atoms with Gasteiger partial charge < -0.3 is 4.74 Å². The number of sulfonamides is 1. The molecule has 23 heavy (non-hydrogen) atoms. The summed E-state index contributed by atoms with van der Waals surface area (Å²) in [5.41, 5.74) is 2.00. The zero-order valence-electron chi connectivity index (χ0n) is 13.0. The zero-order valence-corrected chi connectivity index (χ0v) is 15.4. The lowest BCUT2D eigenvalue weighted by atomic mass is 10.2. The number of nitrogens with one attached hydrogen (secondary N) is 1. The average Bonchev–Trinajstić information content (AvgIpc) is 2.54. The smallest absolute Gasteiger partial charge is 0.240 e. The molecule has 0 bridgehead atoms. The predicted molar refractivity (Wildman–Crippen MR) is 94.8 cm³/mol. The summed E-state index contributed by atoms with van der Waals surface area (Å²) in [6.07, 6.45) is 0.627. The van der Waals surface area contributed by atoms with Crippen LogP contribution < -0.4 is 4.72 Å². The predicted octanol–water partition coefficient (Wildman–Crippen LogP) is 3.64. The highest BCUT2D eigenvalue weighted by atomic mass is 79.9. The molecule has 0 fully saturated rings. The molecule has 0 aliphatic rings. The van der Waals surface area contributed by atoms with Crippen molar-refractivity contribution < 1.29 is 13.2 Å². The number of rotatable bonds is 8. The third-order valence-corrected chi connectivity index (χ3v) is 5.66. The van der Waals surface area contributed by atoms with Gasteiger partial charge in [0, 0.05) is 17.6 Å². The summed E-state index contributed by atoms with van der Waals surface area (Å²) in [5, 5.41) is 0. The van der Waals surface area contributed by atoms with E-state index in [0.29, 0.717) is 26.2 Å². The highest BCUT2D eigenvalue weighted by molar-refractivity contribution is 9.10. The zero-order chi connectivity index (χ0) is 16.7. The van der Waals surface area contributed by atoms with E-state index < -0.39 is 10.0 Å². The normalized spacial score (nSPS) is 11.6. The minimum absolute atomic E-state index is 0.281. The third-order valence-electron chi connectivity index (χ3n) is 3.31. The number of hydrogen-bond acceptors (Lipinski definition) is 3. The summed E-state index contributed by atoms with van der Waals surface area (Å²) < 4.78 is 33.4. The third kappa shape index (κ3) is 5.73. The molecular formula is C17H20BrNO3S. The van der Waals surface area contributed by atoms with Crippen LogP contribution in [0, 0.1) is 6.92 Å². The molecule has 0 saturated carbocycles. The molecule has 2 aromatic carbocycles. The first-order valence-electron chi connectivity index (χ1n) is 7.36. The number of benzene rings is 2. The van der Waals surface area contributed by atoms with E-state index in [9.17, 15) is 8.42 Å². The largest absolute Gasteiger partial charge is 0.377 e.